The first-order valence-electron chi connectivity index (χ1n) is 6.65. The quantitative estimate of drug-likeness (QED) is 0.869. The molecule has 1 fully saturated rings. The van der Waals surface area contributed by atoms with Gasteiger partial charge in [0.2, 0.25) is 0 Å². The van der Waals surface area contributed by atoms with E-state index in [1.165, 1.54) is 32.1 Å². The summed E-state index contributed by atoms with van der Waals surface area (Å²) < 4.78 is 0. The maximum absolute atomic E-state index is 6.48. The maximum atomic E-state index is 6.48. The highest BCUT2D eigenvalue weighted by Crippen LogP contribution is 2.50. The van der Waals surface area contributed by atoms with Crippen LogP contribution in [0.4, 0.5) is 0 Å². The number of rotatable bonds is 4. The second kappa shape index (κ2) is 5.13. The minimum Gasteiger partial charge on any atom is -0.322 e. The van der Waals surface area contributed by atoms with Crippen molar-refractivity contribution in [3.05, 3.63) is 24.3 Å². The van der Waals surface area contributed by atoms with E-state index in [9.17, 15) is 0 Å². The van der Waals surface area contributed by atoms with Crippen LogP contribution in [0.15, 0.2) is 18.6 Å². The molecule has 2 N–H and O–H groups in total. The molecule has 1 aliphatic rings. The molecular formula is C14H23N3. The molecule has 1 aromatic heterocycles. The Kier molecular flexibility index (Phi) is 3.77. The smallest absolute Gasteiger partial charge is 0.0759 e. The SMILES string of the molecule is CC(C)CC1(C(N)c2cnccn2)CCCC1. The van der Waals surface area contributed by atoms with Crippen molar-refractivity contribution in [2.75, 3.05) is 0 Å². The lowest BCUT2D eigenvalue weighted by Crippen LogP contribution is -2.34. The number of hydrogen-bond donors (Lipinski definition) is 1. The van der Waals surface area contributed by atoms with Gasteiger partial charge in [0.05, 0.1) is 11.7 Å². The third-order valence-electron chi connectivity index (χ3n) is 3.98. The molecule has 1 unspecified atom stereocenters. The first-order valence-corrected chi connectivity index (χ1v) is 6.65. The molecule has 0 spiro atoms. The second-order valence-electron chi connectivity index (χ2n) is 5.78. The van der Waals surface area contributed by atoms with Gasteiger partial charge in [0.15, 0.2) is 0 Å². The van der Waals surface area contributed by atoms with E-state index in [0.717, 1.165) is 5.69 Å². The molecule has 17 heavy (non-hydrogen) atoms. The molecule has 0 aromatic carbocycles. The first-order chi connectivity index (χ1) is 8.14. The van der Waals surface area contributed by atoms with E-state index in [-0.39, 0.29) is 11.5 Å². The fourth-order valence-electron chi connectivity index (χ4n) is 3.32. The molecule has 0 bridgehead atoms. The van der Waals surface area contributed by atoms with Gasteiger partial charge in [-0.05, 0) is 30.6 Å². The van der Waals surface area contributed by atoms with E-state index in [0.29, 0.717) is 5.92 Å². The van der Waals surface area contributed by atoms with Gasteiger partial charge in [0.25, 0.3) is 0 Å². The van der Waals surface area contributed by atoms with Crippen LogP contribution in [0.2, 0.25) is 0 Å². The summed E-state index contributed by atoms with van der Waals surface area (Å²) >= 11 is 0. The fourth-order valence-corrected chi connectivity index (χ4v) is 3.32. The van der Waals surface area contributed by atoms with Crippen molar-refractivity contribution in [2.45, 2.75) is 52.0 Å². The van der Waals surface area contributed by atoms with Crippen LogP contribution in [-0.2, 0) is 0 Å². The summed E-state index contributed by atoms with van der Waals surface area (Å²) in [5.41, 5.74) is 7.69. The largest absolute Gasteiger partial charge is 0.322 e. The fraction of sp³-hybridized carbons (Fsp3) is 0.714. The number of hydrogen-bond acceptors (Lipinski definition) is 3. The van der Waals surface area contributed by atoms with Gasteiger partial charge in [-0.2, -0.15) is 0 Å². The van der Waals surface area contributed by atoms with Crippen LogP contribution >= 0.6 is 0 Å². The average molecular weight is 233 g/mol. The van der Waals surface area contributed by atoms with Gasteiger partial charge in [-0.1, -0.05) is 26.7 Å². The summed E-state index contributed by atoms with van der Waals surface area (Å²) in [5, 5.41) is 0. The molecule has 1 aromatic rings. The molecule has 0 saturated heterocycles. The van der Waals surface area contributed by atoms with Crippen molar-refractivity contribution >= 4 is 0 Å². The van der Waals surface area contributed by atoms with Crippen molar-refractivity contribution in [2.24, 2.45) is 17.1 Å². The molecule has 3 heteroatoms. The highest BCUT2D eigenvalue weighted by atomic mass is 14.8. The molecule has 94 valence electrons. The highest BCUT2D eigenvalue weighted by molar-refractivity contribution is 5.09. The normalized spacial score (nSPS) is 20.7. The zero-order chi connectivity index (χ0) is 12.3. The average Bonchev–Trinajstić information content (AvgIpc) is 2.78. The maximum Gasteiger partial charge on any atom is 0.0759 e. The molecule has 2 rings (SSSR count). The predicted octanol–water partition coefficient (Wildman–Crippen LogP) is 3.08. The number of aromatic nitrogens is 2. The van der Waals surface area contributed by atoms with Crippen molar-refractivity contribution in [1.29, 1.82) is 0 Å². The van der Waals surface area contributed by atoms with Gasteiger partial charge in [-0.25, -0.2) is 0 Å². The summed E-state index contributed by atoms with van der Waals surface area (Å²) in [7, 11) is 0. The Morgan fingerprint density at radius 3 is 2.53 bits per heavy atom. The Morgan fingerprint density at radius 2 is 2.00 bits per heavy atom. The number of nitrogens with zero attached hydrogens (tertiary/aromatic N) is 2. The zero-order valence-corrected chi connectivity index (χ0v) is 10.9. The monoisotopic (exact) mass is 233 g/mol. The second-order valence-corrected chi connectivity index (χ2v) is 5.78. The van der Waals surface area contributed by atoms with Gasteiger partial charge in [-0.3, -0.25) is 9.97 Å². The van der Waals surface area contributed by atoms with Crippen LogP contribution in [0.1, 0.15) is 57.7 Å². The van der Waals surface area contributed by atoms with Crippen LogP contribution < -0.4 is 5.73 Å². The Bertz CT molecular complexity index is 342. The summed E-state index contributed by atoms with van der Waals surface area (Å²) in [6, 6.07) is 0.0427. The summed E-state index contributed by atoms with van der Waals surface area (Å²) in [4.78, 5) is 8.53. The van der Waals surface area contributed by atoms with Crippen molar-refractivity contribution in [3.63, 3.8) is 0 Å². The minimum absolute atomic E-state index is 0.0427. The molecule has 0 amide bonds. The minimum atomic E-state index is 0.0427. The molecule has 1 aliphatic carbocycles. The third kappa shape index (κ3) is 2.65. The topological polar surface area (TPSA) is 51.8 Å². The van der Waals surface area contributed by atoms with Crippen LogP contribution in [0.5, 0.6) is 0 Å². The Labute approximate surface area is 104 Å². The van der Waals surface area contributed by atoms with Gasteiger partial charge < -0.3 is 5.73 Å². The van der Waals surface area contributed by atoms with Gasteiger partial charge >= 0.3 is 0 Å². The highest BCUT2D eigenvalue weighted by Gasteiger charge is 2.41. The van der Waals surface area contributed by atoms with E-state index < -0.39 is 0 Å². The summed E-state index contributed by atoms with van der Waals surface area (Å²) in [5.74, 6) is 0.691. The van der Waals surface area contributed by atoms with E-state index in [1.54, 1.807) is 12.4 Å². The lowest BCUT2D eigenvalue weighted by Gasteiger charge is -2.36. The Hall–Kier alpha value is -0.960. The third-order valence-corrected chi connectivity index (χ3v) is 3.98. The van der Waals surface area contributed by atoms with Crippen LogP contribution in [0.25, 0.3) is 0 Å². The molecule has 1 saturated carbocycles. The van der Waals surface area contributed by atoms with Crippen LogP contribution in [0.3, 0.4) is 0 Å². The molecule has 0 radical (unpaired) electrons. The van der Waals surface area contributed by atoms with Gasteiger partial charge in [0.1, 0.15) is 0 Å². The summed E-state index contributed by atoms with van der Waals surface area (Å²) in [6.45, 7) is 4.56. The Balaban J connectivity index is 2.21. The van der Waals surface area contributed by atoms with Crippen molar-refractivity contribution < 1.29 is 0 Å². The van der Waals surface area contributed by atoms with Crippen LogP contribution in [-0.4, -0.2) is 9.97 Å². The predicted molar refractivity (Wildman–Crippen MR) is 69.3 cm³/mol. The van der Waals surface area contributed by atoms with E-state index >= 15 is 0 Å². The molecular weight excluding hydrogens is 210 g/mol. The lowest BCUT2D eigenvalue weighted by molar-refractivity contribution is 0.180. The van der Waals surface area contributed by atoms with Gasteiger partial charge in [0, 0.05) is 18.6 Å². The molecule has 1 atom stereocenters. The van der Waals surface area contributed by atoms with E-state index in [1.807, 2.05) is 6.20 Å². The van der Waals surface area contributed by atoms with Crippen molar-refractivity contribution in [1.82, 2.24) is 9.97 Å². The van der Waals surface area contributed by atoms with Crippen molar-refractivity contribution in [3.8, 4) is 0 Å². The Morgan fingerprint density at radius 1 is 1.29 bits per heavy atom. The molecule has 0 aliphatic heterocycles. The molecule has 1 heterocycles. The van der Waals surface area contributed by atoms with Crippen LogP contribution in [0, 0.1) is 11.3 Å². The van der Waals surface area contributed by atoms with E-state index in [2.05, 4.69) is 23.8 Å². The lowest BCUT2D eigenvalue weighted by atomic mass is 9.72. The van der Waals surface area contributed by atoms with E-state index in [4.69, 9.17) is 5.73 Å². The molecule has 3 nitrogen and oxygen atoms in total. The first kappa shape index (κ1) is 12.5. The van der Waals surface area contributed by atoms with Gasteiger partial charge in [-0.15, -0.1) is 0 Å². The standard InChI is InChI=1S/C14H23N3/c1-11(2)9-14(5-3-4-6-14)13(15)12-10-16-7-8-17-12/h7-8,10-11,13H,3-6,9,15H2,1-2H3. The number of nitrogens with two attached hydrogens (primary N) is 1. The summed E-state index contributed by atoms with van der Waals surface area (Å²) in [6.07, 6.45) is 11.6. The zero-order valence-electron chi connectivity index (χ0n) is 10.9.